The third-order valence-corrected chi connectivity index (χ3v) is 2.87. The van der Waals surface area contributed by atoms with E-state index in [1.54, 1.807) is 24.3 Å². The maximum atomic E-state index is 11.1. The van der Waals surface area contributed by atoms with E-state index < -0.39 is 24.9 Å². The van der Waals surface area contributed by atoms with Gasteiger partial charge in [-0.1, -0.05) is 18.2 Å². The first kappa shape index (κ1) is 14.1. The summed E-state index contributed by atoms with van der Waals surface area (Å²) in [6.07, 6.45) is 1.47. The average Bonchev–Trinajstić information content (AvgIpc) is 2.81. The van der Waals surface area contributed by atoms with Crippen LogP contribution in [0.25, 0.3) is 11.0 Å². The summed E-state index contributed by atoms with van der Waals surface area (Å²) < 4.78 is 5.29. The molecule has 1 aromatic carbocycles. The molecule has 7 nitrogen and oxygen atoms in total. The number of hydrogen-bond acceptors (Lipinski definition) is 5. The Morgan fingerprint density at radius 2 is 2.00 bits per heavy atom. The molecule has 4 N–H and O–H groups in total. The number of carbonyl (C=O) groups excluding carboxylic acids is 1. The van der Waals surface area contributed by atoms with Gasteiger partial charge in [-0.15, -0.1) is 0 Å². The second-order valence-corrected chi connectivity index (χ2v) is 4.26. The van der Waals surface area contributed by atoms with Gasteiger partial charge in [-0.2, -0.15) is 0 Å². The molecule has 1 amide bonds. The first-order chi connectivity index (χ1) is 9.49. The average molecular weight is 277 g/mol. The molecule has 0 radical (unpaired) electrons. The largest absolute Gasteiger partial charge is 0.475 e. The smallest absolute Gasteiger partial charge is 0.474 e. The fourth-order valence-corrected chi connectivity index (χ4v) is 1.89. The number of benzene rings is 1. The van der Waals surface area contributed by atoms with Gasteiger partial charge in [0.2, 0.25) is 0 Å². The van der Waals surface area contributed by atoms with Crippen LogP contribution in [0.5, 0.6) is 0 Å². The molecule has 0 saturated heterocycles. The topological polar surface area (TPSA) is 120 Å². The zero-order valence-electron chi connectivity index (χ0n) is 10.3. The van der Waals surface area contributed by atoms with Crippen molar-refractivity contribution in [3.63, 3.8) is 0 Å². The van der Waals surface area contributed by atoms with Crippen molar-refractivity contribution in [2.45, 2.75) is 12.4 Å². The van der Waals surface area contributed by atoms with Gasteiger partial charge in [0.15, 0.2) is 0 Å². The minimum atomic E-state index is -1.88. The summed E-state index contributed by atoms with van der Waals surface area (Å²) in [5, 5.41) is 29.8. The molecule has 1 heterocycles. The van der Waals surface area contributed by atoms with Crippen molar-refractivity contribution in [2.24, 2.45) is 0 Å². The third kappa shape index (κ3) is 2.98. The van der Waals surface area contributed by atoms with Crippen LogP contribution in [-0.4, -0.2) is 40.1 Å². The van der Waals surface area contributed by atoms with Crippen LogP contribution in [0.3, 0.4) is 0 Å². The second-order valence-electron chi connectivity index (χ2n) is 4.26. The molecule has 2 rings (SSSR count). The molecule has 0 saturated carbocycles. The number of carboxylic acids is 1. The Morgan fingerprint density at radius 3 is 2.65 bits per heavy atom. The van der Waals surface area contributed by atoms with E-state index in [0.29, 0.717) is 11.1 Å². The molecule has 2 aromatic rings. The summed E-state index contributed by atoms with van der Waals surface area (Å²) in [7, 11) is -1.88. The van der Waals surface area contributed by atoms with Gasteiger partial charge in [0.1, 0.15) is 5.58 Å². The lowest BCUT2D eigenvalue weighted by Crippen LogP contribution is -2.49. The van der Waals surface area contributed by atoms with Gasteiger partial charge in [-0.25, -0.2) is 4.79 Å². The van der Waals surface area contributed by atoms with E-state index in [9.17, 15) is 19.6 Å². The highest BCUT2D eigenvalue weighted by Gasteiger charge is 2.28. The number of hydrogen-bond donors (Lipinski definition) is 4. The Labute approximate surface area is 114 Å². The maximum absolute atomic E-state index is 11.1. The molecule has 104 valence electrons. The lowest BCUT2D eigenvalue weighted by Gasteiger charge is -2.15. The first-order valence-electron chi connectivity index (χ1n) is 5.84. The van der Waals surface area contributed by atoms with Crippen LogP contribution in [0.15, 0.2) is 34.9 Å². The fraction of sp³-hybridized carbons (Fsp3) is 0.167. The third-order valence-electron chi connectivity index (χ3n) is 2.87. The minimum absolute atomic E-state index is 0.0354. The molecule has 0 unspecified atom stereocenters. The lowest BCUT2D eigenvalue weighted by molar-refractivity contribution is -0.150. The molecule has 20 heavy (non-hydrogen) atoms. The molecule has 1 atom stereocenters. The highest BCUT2D eigenvalue weighted by atomic mass is 16.4. The van der Waals surface area contributed by atoms with Crippen LogP contribution in [0.2, 0.25) is 0 Å². The highest BCUT2D eigenvalue weighted by molar-refractivity contribution is 6.45. The number of carboxylic acid groups (broad SMARTS) is 1. The van der Waals surface area contributed by atoms with Gasteiger partial charge in [0.05, 0.1) is 12.2 Å². The van der Waals surface area contributed by atoms with Gasteiger partial charge in [-0.05, 0) is 18.1 Å². The molecule has 0 aliphatic carbocycles. The quantitative estimate of drug-likeness (QED) is 0.444. The number of rotatable bonds is 4. The number of amides is 1. The monoisotopic (exact) mass is 277 g/mol. The Morgan fingerprint density at radius 1 is 1.30 bits per heavy atom. The standard InChI is InChI=1S/C12H12BNO6/c15-11(12(16)17)14-10(13(18)19)5-7-6-20-9-4-2-1-3-8(7)9/h1-4,6,10,18-19H,5H2,(H,14,15)(H,16,17)/t10-/m0/s1. The van der Waals surface area contributed by atoms with Crippen LogP contribution in [0.1, 0.15) is 5.56 Å². The normalized spacial score (nSPS) is 12.1. The summed E-state index contributed by atoms with van der Waals surface area (Å²) in [6.45, 7) is 0. The second kappa shape index (κ2) is 5.76. The van der Waals surface area contributed by atoms with Crippen LogP contribution < -0.4 is 5.32 Å². The minimum Gasteiger partial charge on any atom is -0.474 e. The van der Waals surface area contributed by atoms with E-state index in [4.69, 9.17) is 9.52 Å². The fourth-order valence-electron chi connectivity index (χ4n) is 1.89. The Kier molecular flexibility index (Phi) is 4.06. The molecule has 0 fully saturated rings. The van der Waals surface area contributed by atoms with Crippen LogP contribution in [-0.2, 0) is 16.0 Å². The number of nitrogens with one attached hydrogen (secondary N) is 1. The van der Waals surface area contributed by atoms with Gasteiger partial charge in [-0.3, -0.25) is 4.79 Å². The number of fused-ring (bicyclic) bond motifs is 1. The predicted octanol–water partition coefficient (Wildman–Crippen LogP) is -0.443. The van der Waals surface area contributed by atoms with E-state index >= 15 is 0 Å². The summed E-state index contributed by atoms with van der Waals surface area (Å²) >= 11 is 0. The van der Waals surface area contributed by atoms with E-state index in [-0.39, 0.29) is 6.42 Å². The molecule has 0 aliphatic rings. The summed E-state index contributed by atoms with van der Waals surface area (Å²) in [5.74, 6) is -4.12. The van der Waals surface area contributed by atoms with Crippen LogP contribution in [0, 0.1) is 0 Å². The molecule has 1 aromatic heterocycles. The molecule has 0 aliphatic heterocycles. The zero-order chi connectivity index (χ0) is 14.7. The van der Waals surface area contributed by atoms with E-state index in [1.807, 2.05) is 5.32 Å². The van der Waals surface area contributed by atoms with Crippen molar-refractivity contribution in [2.75, 3.05) is 0 Å². The predicted molar refractivity (Wildman–Crippen MR) is 69.7 cm³/mol. The van der Waals surface area contributed by atoms with E-state index in [0.717, 1.165) is 5.39 Å². The highest BCUT2D eigenvalue weighted by Crippen LogP contribution is 2.22. The van der Waals surface area contributed by atoms with Crippen molar-refractivity contribution in [3.8, 4) is 0 Å². The van der Waals surface area contributed by atoms with E-state index in [2.05, 4.69) is 0 Å². The Bertz CT molecular complexity index is 638. The number of furan rings is 1. The lowest BCUT2D eigenvalue weighted by atomic mass is 9.76. The van der Waals surface area contributed by atoms with Crippen molar-refractivity contribution >= 4 is 30.0 Å². The summed E-state index contributed by atoms with van der Waals surface area (Å²) in [6, 6.07) is 7.12. The van der Waals surface area contributed by atoms with Crippen LogP contribution in [0.4, 0.5) is 0 Å². The van der Waals surface area contributed by atoms with Gasteiger partial charge >= 0.3 is 19.0 Å². The number of aliphatic carboxylic acids is 1. The van der Waals surface area contributed by atoms with Gasteiger partial charge in [0, 0.05) is 5.39 Å². The van der Waals surface area contributed by atoms with Crippen molar-refractivity contribution in [3.05, 3.63) is 36.1 Å². The Hall–Kier alpha value is -2.32. The van der Waals surface area contributed by atoms with Gasteiger partial charge in [0.25, 0.3) is 0 Å². The van der Waals surface area contributed by atoms with Crippen molar-refractivity contribution in [1.29, 1.82) is 0 Å². The zero-order valence-corrected chi connectivity index (χ0v) is 10.3. The van der Waals surface area contributed by atoms with Crippen molar-refractivity contribution in [1.82, 2.24) is 5.32 Å². The molecule has 8 heteroatoms. The Balaban J connectivity index is 2.20. The summed E-state index contributed by atoms with van der Waals surface area (Å²) in [4.78, 5) is 21.6. The molecule has 0 bridgehead atoms. The van der Waals surface area contributed by atoms with Crippen molar-refractivity contribution < 1.29 is 29.2 Å². The first-order valence-corrected chi connectivity index (χ1v) is 5.84. The molecule has 0 spiro atoms. The molecular formula is C12H12BNO6. The number of carbonyl (C=O) groups is 2. The maximum Gasteiger partial charge on any atom is 0.475 e. The summed E-state index contributed by atoms with van der Waals surface area (Å²) in [5.41, 5.74) is 1.27. The van der Waals surface area contributed by atoms with Crippen LogP contribution >= 0.6 is 0 Å². The molecular weight excluding hydrogens is 265 g/mol. The van der Waals surface area contributed by atoms with E-state index in [1.165, 1.54) is 6.26 Å². The number of para-hydroxylation sites is 1. The SMILES string of the molecule is O=C(O)C(=O)N[C@@H](Cc1coc2ccccc12)B(O)O. The van der Waals surface area contributed by atoms with Gasteiger partial charge < -0.3 is 24.9 Å².